The average molecular weight is 362 g/mol. The highest BCUT2D eigenvalue weighted by atomic mass is 32.1. The van der Waals surface area contributed by atoms with Crippen LogP contribution in [0.4, 0.5) is 5.13 Å². The van der Waals surface area contributed by atoms with Crippen LogP contribution in [0.1, 0.15) is 5.56 Å². The molecule has 0 radical (unpaired) electrons. The molecule has 0 aliphatic carbocycles. The van der Waals surface area contributed by atoms with Gasteiger partial charge >= 0.3 is 5.63 Å². The van der Waals surface area contributed by atoms with Crippen molar-refractivity contribution in [2.45, 2.75) is 6.54 Å². The predicted octanol–water partition coefficient (Wildman–Crippen LogP) is 4.27. The summed E-state index contributed by atoms with van der Waals surface area (Å²) >= 11 is 1.56. The van der Waals surface area contributed by atoms with Gasteiger partial charge in [0.2, 0.25) is 0 Å². The summed E-state index contributed by atoms with van der Waals surface area (Å²) in [5, 5.41) is 3.72. The number of anilines is 1. The number of hydrogen-bond donors (Lipinski definition) is 0. The van der Waals surface area contributed by atoms with Gasteiger partial charge in [0.1, 0.15) is 11.3 Å². The molecule has 128 valence electrons. The summed E-state index contributed by atoms with van der Waals surface area (Å²) in [4.78, 5) is 18.6. The van der Waals surface area contributed by atoms with E-state index in [0.717, 1.165) is 33.0 Å². The second-order valence-electron chi connectivity index (χ2n) is 6.05. The molecule has 0 saturated heterocycles. The van der Waals surface area contributed by atoms with Gasteiger partial charge in [0.25, 0.3) is 0 Å². The lowest BCUT2D eigenvalue weighted by Gasteiger charge is -2.29. The molecule has 2 aromatic carbocycles. The van der Waals surface area contributed by atoms with Crippen molar-refractivity contribution >= 4 is 27.4 Å². The SMILES string of the molecule is O=c1cc(-c2ccccc2)c2ccc3c(c2o1)CN(c1nccs1)CO3. The molecular weight excluding hydrogens is 348 g/mol. The molecule has 0 amide bonds. The van der Waals surface area contributed by atoms with Gasteiger partial charge in [-0.3, -0.25) is 0 Å². The average Bonchev–Trinajstić information content (AvgIpc) is 3.22. The predicted molar refractivity (Wildman–Crippen MR) is 102 cm³/mol. The molecule has 1 aliphatic rings. The fourth-order valence-electron chi connectivity index (χ4n) is 3.28. The normalized spacial score (nSPS) is 13.5. The Hall–Kier alpha value is -3.12. The van der Waals surface area contributed by atoms with Crippen LogP contribution in [0.3, 0.4) is 0 Å². The van der Waals surface area contributed by atoms with Crippen LogP contribution in [0.25, 0.3) is 22.1 Å². The molecular formula is C20H14N2O3S. The number of hydrogen-bond acceptors (Lipinski definition) is 6. The van der Waals surface area contributed by atoms with E-state index in [2.05, 4.69) is 4.98 Å². The Labute approximate surface area is 153 Å². The maximum Gasteiger partial charge on any atom is 0.336 e. The van der Waals surface area contributed by atoms with Gasteiger partial charge in [-0.15, -0.1) is 11.3 Å². The van der Waals surface area contributed by atoms with Crippen LogP contribution in [0, 0.1) is 0 Å². The van der Waals surface area contributed by atoms with E-state index < -0.39 is 0 Å². The van der Waals surface area contributed by atoms with Gasteiger partial charge in [0, 0.05) is 23.0 Å². The number of rotatable bonds is 2. The fraction of sp³-hybridized carbons (Fsp3) is 0.100. The van der Waals surface area contributed by atoms with Crippen molar-refractivity contribution in [2.75, 3.05) is 11.6 Å². The lowest BCUT2D eigenvalue weighted by Crippen LogP contribution is -2.32. The van der Waals surface area contributed by atoms with Crippen molar-refractivity contribution in [3.63, 3.8) is 0 Å². The van der Waals surface area contributed by atoms with Gasteiger partial charge < -0.3 is 14.1 Å². The quantitative estimate of drug-likeness (QED) is 0.498. The third kappa shape index (κ3) is 2.46. The Morgan fingerprint density at radius 1 is 1.12 bits per heavy atom. The van der Waals surface area contributed by atoms with Crippen LogP contribution in [-0.2, 0) is 6.54 Å². The molecule has 0 bridgehead atoms. The van der Waals surface area contributed by atoms with E-state index in [1.54, 1.807) is 23.6 Å². The maximum atomic E-state index is 12.2. The number of nitrogens with zero attached hydrogens (tertiary/aromatic N) is 2. The van der Waals surface area contributed by atoms with E-state index in [4.69, 9.17) is 9.15 Å². The van der Waals surface area contributed by atoms with E-state index in [0.29, 0.717) is 18.9 Å². The highest BCUT2D eigenvalue weighted by Crippen LogP contribution is 2.37. The Bertz CT molecular complexity index is 1140. The summed E-state index contributed by atoms with van der Waals surface area (Å²) in [7, 11) is 0. The molecule has 2 aromatic heterocycles. The summed E-state index contributed by atoms with van der Waals surface area (Å²) in [5.74, 6) is 0.749. The second kappa shape index (κ2) is 6.00. The Kier molecular flexibility index (Phi) is 3.50. The zero-order chi connectivity index (χ0) is 17.5. The summed E-state index contributed by atoms with van der Waals surface area (Å²) < 4.78 is 11.5. The molecule has 0 N–H and O–H groups in total. The number of ether oxygens (including phenoxy) is 1. The molecule has 0 unspecified atom stereocenters. The molecule has 5 nitrogen and oxygen atoms in total. The molecule has 1 aliphatic heterocycles. The van der Waals surface area contributed by atoms with Crippen molar-refractivity contribution < 1.29 is 9.15 Å². The van der Waals surface area contributed by atoms with Crippen LogP contribution in [0.5, 0.6) is 5.75 Å². The van der Waals surface area contributed by atoms with Crippen molar-refractivity contribution in [1.29, 1.82) is 0 Å². The topological polar surface area (TPSA) is 55.6 Å². The zero-order valence-corrected chi connectivity index (χ0v) is 14.5. The van der Waals surface area contributed by atoms with Crippen LogP contribution < -0.4 is 15.3 Å². The van der Waals surface area contributed by atoms with Crippen molar-refractivity contribution in [3.8, 4) is 16.9 Å². The van der Waals surface area contributed by atoms with Gasteiger partial charge in [0.15, 0.2) is 11.9 Å². The second-order valence-corrected chi connectivity index (χ2v) is 6.92. The smallest absolute Gasteiger partial charge is 0.336 e. The van der Waals surface area contributed by atoms with Gasteiger partial charge in [-0.05, 0) is 23.3 Å². The van der Waals surface area contributed by atoms with Gasteiger partial charge in [0.05, 0.1) is 12.1 Å². The molecule has 4 aromatic rings. The first-order valence-corrected chi connectivity index (χ1v) is 9.10. The van der Waals surface area contributed by atoms with Gasteiger partial charge in [-0.2, -0.15) is 0 Å². The van der Waals surface area contributed by atoms with E-state index in [-0.39, 0.29) is 5.63 Å². The molecule has 26 heavy (non-hydrogen) atoms. The van der Waals surface area contributed by atoms with E-state index >= 15 is 0 Å². The molecule has 5 rings (SSSR count). The highest BCUT2D eigenvalue weighted by Gasteiger charge is 2.24. The number of fused-ring (bicyclic) bond motifs is 3. The van der Waals surface area contributed by atoms with Crippen molar-refractivity contribution in [2.24, 2.45) is 0 Å². The lowest BCUT2D eigenvalue weighted by atomic mass is 9.99. The summed E-state index contributed by atoms with van der Waals surface area (Å²) in [6.07, 6.45) is 1.77. The summed E-state index contributed by atoms with van der Waals surface area (Å²) in [6, 6.07) is 15.3. The first-order chi connectivity index (χ1) is 12.8. The van der Waals surface area contributed by atoms with Crippen LogP contribution in [0.15, 0.2) is 69.3 Å². The zero-order valence-electron chi connectivity index (χ0n) is 13.7. The summed E-state index contributed by atoms with van der Waals surface area (Å²) in [5.41, 5.74) is 2.94. The lowest BCUT2D eigenvalue weighted by molar-refractivity contribution is 0.289. The van der Waals surface area contributed by atoms with Gasteiger partial charge in [-0.25, -0.2) is 9.78 Å². The third-order valence-corrected chi connectivity index (χ3v) is 5.30. The monoisotopic (exact) mass is 362 g/mol. The Morgan fingerprint density at radius 2 is 2.00 bits per heavy atom. The van der Waals surface area contributed by atoms with Crippen LogP contribution >= 0.6 is 11.3 Å². The van der Waals surface area contributed by atoms with Crippen molar-refractivity contribution in [3.05, 3.63) is 76.1 Å². The molecule has 0 fully saturated rings. The maximum absolute atomic E-state index is 12.2. The largest absolute Gasteiger partial charge is 0.473 e. The number of thiazole rings is 1. The van der Waals surface area contributed by atoms with Gasteiger partial charge in [-0.1, -0.05) is 30.3 Å². The molecule has 3 heterocycles. The number of benzene rings is 2. The first kappa shape index (κ1) is 15.2. The van der Waals surface area contributed by atoms with E-state index in [9.17, 15) is 4.79 Å². The molecule has 6 heteroatoms. The summed E-state index contributed by atoms with van der Waals surface area (Å²) in [6.45, 7) is 1.01. The first-order valence-electron chi connectivity index (χ1n) is 8.22. The minimum Gasteiger partial charge on any atom is -0.473 e. The van der Waals surface area contributed by atoms with Crippen LogP contribution in [0.2, 0.25) is 0 Å². The third-order valence-electron chi connectivity index (χ3n) is 4.47. The minimum atomic E-state index is -0.365. The van der Waals surface area contributed by atoms with E-state index in [1.165, 1.54) is 0 Å². The molecule has 0 atom stereocenters. The molecule has 0 spiro atoms. The minimum absolute atomic E-state index is 0.365. The molecule has 0 saturated carbocycles. The Balaban J connectivity index is 1.71. The van der Waals surface area contributed by atoms with Crippen LogP contribution in [-0.4, -0.2) is 11.7 Å². The van der Waals surface area contributed by atoms with E-state index in [1.807, 2.05) is 52.7 Å². The standard InChI is InChI=1S/C20H14N2O3S/c23-18-10-15(13-4-2-1-3-5-13)14-6-7-17-16(19(14)25-18)11-22(12-24-17)20-21-8-9-26-20/h1-10H,11-12H2. The Morgan fingerprint density at radius 3 is 2.81 bits per heavy atom. The van der Waals surface area contributed by atoms with Crippen molar-refractivity contribution in [1.82, 2.24) is 4.98 Å². The highest BCUT2D eigenvalue weighted by molar-refractivity contribution is 7.13. The number of aromatic nitrogens is 1. The fourth-order valence-corrected chi connectivity index (χ4v) is 3.92.